The molecule has 0 amide bonds. The number of hydrogen-bond acceptors (Lipinski definition) is 2. The van der Waals surface area contributed by atoms with Crippen LogP contribution >= 0.6 is 0 Å². The first kappa shape index (κ1) is 14.2. The number of carbonyl (C=O) groups excluding carboxylic acids is 1. The number of quaternary nitrogens is 1. The van der Waals surface area contributed by atoms with Crippen LogP contribution in [0.4, 0.5) is 4.39 Å². The third-order valence-corrected chi connectivity index (χ3v) is 3.97. The highest BCUT2D eigenvalue weighted by Crippen LogP contribution is 2.19. The highest BCUT2D eigenvalue weighted by molar-refractivity contribution is 6.08. The lowest BCUT2D eigenvalue weighted by atomic mass is 10.1. The molecule has 0 aliphatic carbocycles. The summed E-state index contributed by atoms with van der Waals surface area (Å²) in [5.74, 6) is -0.278. The van der Waals surface area contributed by atoms with Crippen LogP contribution in [0.2, 0.25) is 0 Å². The predicted octanol–water partition coefficient (Wildman–Crippen LogP) is 1.18. The molecule has 2 aromatic rings. The largest absolute Gasteiger partial charge is 0.364 e. The Labute approximate surface area is 122 Å². The van der Waals surface area contributed by atoms with E-state index in [4.69, 9.17) is 4.74 Å². The molecule has 1 fully saturated rings. The molecule has 3 rings (SSSR count). The summed E-state index contributed by atoms with van der Waals surface area (Å²) in [4.78, 5) is 16.8. The van der Waals surface area contributed by atoms with E-state index in [1.807, 2.05) is 13.8 Å². The minimum Gasteiger partial charge on any atom is -0.364 e. The van der Waals surface area contributed by atoms with Gasteiger partial charge in [-0.15, -0.1) is 0 Å². The molecule has 5 heteroatoms. The quantitative estimate of drug-likeness (QED) is 0.834. The molecule has 2 atom stereocenters. The number of rotatable bonds is 3. The maximum Gasteiger partial charge on any atom is 0.219 e. The normalized spacial score (nSPS) is 26.1. The summed E-state index contributed by atoms with van der Waals surface area (Å²) in [6.07, 6.45) is 2.01. The first-order valence-electron chi connectivity index (χ1n) is 7.32. The summed E-state index contributed by atoms with van der Waals surface area (Å²) in [6, 6.07) is 4.47. The molecule has 2 heterocycles. The van der Waals surface area contributed by atoms with E-state index >= 15 is 0 Å². The second kappa shape index (κ2) is 5.58. The van der Waals surface area contributed by atoms with Gasteiger partial charge in [0.1, 0.15) is 37.7 Å². The van der Waals surface area contributed by atoms with Crippen LogP contribution in [-0.4, -0.2) is 42.6 Å². The van der Waals surface area contributed by atoms with Crippen molar-refractivity contribution in [1.29, 1.82) is 0 Å². The van der Waals surface area contributed by atoms with Crippen molar-refractivity contribution in [3.63, 3.8) is 0 Å². The molecular formula is C16H20FN2O2+. The maximum absolute atomic E-state index is 13.4. The summed E-state index contributed by atoms with van der Waals surface area (Å²) in [6.45, 7) is 6.13. The zero-order chi connectivity index (χ0) is 15.0. The fraction of sp³-hybridized carbons (Fsp3) is 0.438. The number of benzene rings is 1. The third-order valence-electron chi connectivity index (χ3n) is 3.97. The Morgan fingerprint density at radius 3 is 2.81 bits per heavy atom. The smallest absolute Gasteiger partial charge is 0.219 e. The van der Waals surface area contributed by atoms with Crippen molar-refractivity contribution in [1.82, 2.24) is 4.98 Å². The predicted molar refractivity (Wildman–Crippen MR) is 78.2 cm³/mol. The van der Waals surface area contributed by atoms with Gasteiger partial charge in [-0.25, -0.2) is 4.39 Å². The number of aromatic amines is 1. The van der Waals surface area contributed by atoms with Crippen LogP contribution in [0.25, 0.3) is 10.9 Å². The number of H-pyrrole nitrogens is 1. The Bertz CT molecular complexity index is 657. The number of halogens is 1. The zero-order valence-electron chi connectivity index (χ0n) is 12.3. The lowest BCUT2D eigenvalue weighted by Gasteiger charge is -2.31. The van der Waals surface area contributed by atoms with Crippen LogP contribution in [-0.2, 0) is 4.74 Å². The molecule has 1 aromatic carbocycles. The molecule has 0 unspecified atom stereocenters. The molecule has 112 valence electrons. The van der Waals surface area contributed by atoms with Crippen molar-refractivity contribution in [3.8, 4) is 0 Å². The van der Waals surface area contributed by atoms with Crippen molar-refractivity contribution >= 4 is 16.7 Å². The fourth-order valence-electron chi connectivity index (χ4n) is 3.18. The van der Waals surface area contributed by atoms with E-state index < -0.39 is 0 Å². The summed E-state index contributed by atoms with van der Waals surface area (Å²) in [5, 5.41) is 0.661. The Hall–Kier alpha value is -1.72. The van der Waals surface area contributed by atoms with E-state index in [2.05, 4.69) is 4.98 Å². The van der Waals surface area contributed by atoms with Gasteiger partial charge in [-0.1, -0.05) is 0 Å². The van der Waals surface area contributed by atoms with E-state index in [9.17, 15) is 9.18 Å². The van der Waals surface area contributed by atoms with Gasteiger partial charge >= 0.3 is 0 Å². The molecule has 4 nitrogen and oxygen atoms in total. The average Bonchev–Trinajstić information content (AvgIpc) is 2.80. The Morgan fingerprint density at radius 1 is 1.38 bits per heavy atom. The van der Waals surface area contributed by atoms with Crippen LogP contribution in [0.5, 0.6) is 0 Å². The number of nitrogens with one attached hydrogen (secondary N) is 2. The monoisotopic (exact) mass is 291 g/mol. The minimum atomic E-state index is -0.322. The van der Waals surface area contributed by atoms with Gasteiger partial charge in [-0.2, -0.15) is 0 Å². The number of ether oxygens (including phenoxy) is 1. The van der Waals surface area contributed by atoms with Gasteiger partial charge in [-0.3, -0.25) is 4.79 Å². The first-order valence-corrected chi connectivity index (χ1v) is 7.32. The number of hydrogen-bond donors (Lipinski definition) is 2. The molecule has 0 spiro atoms. The van der Waals surface area contributed by atoms with Crippen molar-refractivity contribution in [3.05, 3.63) is 35.8 Å². The summed E-state index contributed by atoms with van der Waals surface area (Å²) in [5.41, 5.74) is 1.36. The van der Waals surface area contributed by atoms with Gasteiger partial charge < -0.3 is 14.6 Å². The molecule has 0 saturated carbocycles. The van der Waals surface area contributed by atoms with E-state index in [0.717, 1.165) is 18.6 Å². The first-order chi connectivity index (χ1) is 10.0. The zero-order valence-corrected chi connectivity index (χ0v) is 12.3. The Morgan fingerprint density at radius 2 is 2.10 bits per heavy atom. The van der Waals surface area contributed by atoms with Crippen molar-refractivity contribution in [2.24, 2.45) is 0 Å². The highest BCUT2D eigenvalue weighted by Gasteiger charge is 2.28. The maximum atomic E-state index is 13.4. The number of fused-ring (bicyclic) bond motifs is 1. The van der Waals surface area contributed by atoms with Crippen LogP contribution in [0.3, 0.4) is 0 Å². The molecule has 1 aliphatic heterocycles. The van der Waals surface area contributed by atoms with Crippen molar-refractivity contribution in [2.75, 3.05) is 19.6 Å². The van der Waals surface area contributed by atoms with E-state index in [1.54, 1.807) is 12.3 Å². The summed E-state index contributed by atoms with van der Waals surface area (Å²) >= 11 is 0. The van der Waals surface area contributed by atoms with Gasteiger partial charge in [0.25, 0.3) is 0 Å². The molecule has 2 N–H and O–H groups in total. The third kappa shape index (κ3) is 2.99. The van der Waals surface area contributed by atoms with Gasteiger partial charge in [-0.05, 0) is 32.0 Å². The second-order valence-corrected chi connectivity index (χ2v) is 5.91. The fourth-order valence-corrected chi connectivity index (χ4v) is 3.18. The van der Waals surface area contributed by atoms with Gasteiger partial charge in [0.2, 0.25) is 5.78 Å². The SMILES string of the molecule is C[C@@H]1C[NH+](CC(=O)c2c[nH]c3ccc(F)cc23)C[C@@H](C)O1. The molecular weight excluding hydrogens is 271 g/mol. The van der Waals surface area contributed by atoms with Gasteiger partial charge in [0.05, 0.1) is 0 Å². The number of carbonyl (C=O) groups is 1. The van der Waals surface area contributed by atoms with E-state index in [0.29, 0.717) is 17.5 Å². The standard InChI is InChI=1S/C16H19FN2O2/c1-10-7-19(8-11(2)21-10)9-16(20)14-6-18-15-4-3-12(17)5-13(14)15/h3-6,10-11,18H,7-9H2,1-2H3/p+1/t10-,11-/m1/s1. The average molecular weight is 291 g/mol. The van der Waals surface area contributed by atoms with Crippen LogP contribution < -0.4 is 4.90 Å². The molecule has 1 aliphatic rings. The van der Waals surface area contributed by atoms with E-state index in [-0.39, 0.29) is 23.8 Å². The molecule has 0 radical (unpaired) electrons. The lowest BCUT2D eigenvalue weighted by molar-refractivity contribution is -0.906. The lowest BCUT2D eigenvalue weighted by Crippen LogP contribution is -3.16. The molecule has 0 bridgehead atoms. The highest BCUT2D eigenvalue weighted by atomic mass is 19.1. The number of morpholine rings is 1. The van der Waals surface area contributed by atoms with Gasteiger partial charge in [0, 0.05) is 22.7 Å². The number of Topliss-reactive ketones (excluding diaryl/α,β-unsaturated/α-hetero) is 1. The summed E-state index contributed by atoms with van der Waals surface area (Å²) < 4.78 is 19.1. The van der Waals surface area contributed by atoms with Crippen molar-refractivity contribution < 1.29 is 18.8 Å². The van der Waals surface area contributed by atoms with E-state index in [1.165, 1.54) is 17.0 Å². The number of ketones is 1. The Kier molecular flexibility index (Phi) is 3.78. The number of aromatic nitrogens is 1. The van der Waals surface area contributed by atoms with Crippen LogP contribution in [0.1, 0.15) is 24.2 Å². The molecule has 21 heavy (non-hydrogen) atoms. The van der Waals surface area contributed by atoms with Crippen molar-refractivity contribution in [2.45, 2.75) is 26.1 Å². The topological polar surface area (TPSA) is 46.5 Å². The van der Waals surface area contributed by atoms with Crippen LogP contribution in [0.15, 0.2) is 24.4 Å². The van der Waals surface area contributed by atoms with Crippen LogP contribution in [0, 0.1) is 5.82 Å². The summed E-state index contributed by atoms with van der Waals surface area (Å²) in [7, 11) is 0. The molecule has 1 saturated heterocycles. The van der Waals surface area contributed by atoms with Gasteiger partial charge in [0.15, 0.2) is 0 Å². The second-order valence-electron chi connectivity index (χ2n) is 5.91. The Balaban J connectivity index is 1.79. The minimum absolute atomic E-state index is 0.0446. The molecule has 1 aromatic heterocycles.